The van der Waals surface area contributed by atoms with Crippen LogP contribution in [-0.2, 0) is 4.79 Å². The smallest absolute Gasteiger partial charge is 0.131 e. The number of hydrogen-bond acceptors (Lipinski definition) is 1. The molecule has 0 bridgehead atoms. The van der Waals surface area contributed by atoms with Crippen LogP contribution in [0.15, 0.2) is 18.2 Å². The molecule has 0 N–H and O–H groups in total. The maximum absolute atomic E-state index is 10.0. The number of aryl methyl sites for hydroxylation is 1. The van der Waals surface area contributed by atoms with Crippen LogP contribution >= 0.6 is 11.6 Å². The van der Waals surface area contributed by atoms with E-state index in [1.807, 2.05) is 19.1 Å². The topological polar surface area (TPSA) is 17.1 Å². The lowest BCUT2D eigenvalue weighted by Gasteiger charge is -1.97. The molecule has 0 fully saturated rings. The minimum absolute atomic E-state index is 0.270. The third-order valence-electron chi connectivity index (χ3n) is 1.61. The first-order valence-electron chi connectivity index (χ1n) is 3.92. The summed E-state index contributed by atoms with van der Waals surface area (Å²) in [6.07, 6.45) is 1.05. The molecule has 0 aromatic heterocycles. The molecule has 0 saturated carbocycles. The summed E-state index contributed by atoms with van der Waals surface area (Å²) in [4.78, 5) is 10.0. The van der Waals surface area contributed by atoms with E-state index in [0.29, 0.717) is 5.02 Å². The minimum Gasteiger partial charge on any atom is -0.302 e. The van der Waals surface area contributed by atoms with E-state index in [0.717, 1.165) is 17.4 Å². The number of hydrogen-bond donors (Lipinski definition) is 0. The highest BCUT2D eigenvalue weighted by Gasteiger charge is 1.94. The molecule has 1 rings (SSSR count). The average Bonchev–Trinajstić information content (AvgIpc) is 2.11. The van der Waals surface area contributed by atoms with Crippen LogP contribution in [0.3, 0.4) is 0 Å². The lowest BCUT2D eigenvalue weighted by molar-refractivity contribution is -0.107. The lowest BCUT2D eigenvalue weighted by Crippen LogP contribution is -1.81. The average molecular weight is 193 g/mol. The van der Waals surface area contributed by atoms with Crippen LogP contribution in [0, 0.1) is 18.8 Å². The van der Waals surface area contributed by atoms with Gasteiger partial charge < -0.3 is 4.79 Å². The molecule has 0 atom stereocenters. The second-order valence-corrected chi connectivity index (χ2v) is 3.07. The van der Waals surface area contributed by atoms with Crippen LogP contribution < -0.4 is 0 Å². The van der Waals surface area contributed by atoms with E-state index in [1.54, 1.807) is 6.07 Å². The predicted octanol–water partition coefficient (Wildman–Crippen LogP) is 2.59. The van der Waals surface area contributed by atoms with Gasteiger partial charge in [-0.25, -0.2) is 0 Å². The zero-order chi connectivity index (χ0) is 9.68. The van der Waals surface area contributed by atoms with Crippen LogP contribution in [-0.4, -0.2) is 6.29 Å². The summed E-state index contributed by atoms with van der Waals surface area (Å²) < 4.78 is 0. The van der Waals surface area contributed by atoms with Crippen molar-refractivity contribution in [1.82, 2.24) is 0 Å². The van der Waals surface area contributed by atoms with E-state index in [-0.39, 0.29) is 6.42 Å². The van der Waals surface area contributed by atoms with Crippen molar-refractivity contribution in [3.05, 3.63) is 34.3 Å². The highest BCUT2D eigenvalue weighted by Crippen LogP contribution is 2.13. The van der Waals surface area contributed by atoms with E-state index in [4.69, 9.17) is 11.6 Å². The first-order valence-corrected chi connectivity index (χ1v) is 4.30. The molecular formula is C11H9ClO. The van der Waals surface area contributed by atoms with E-state index >= 15 is 0 Å². The third kappa shape index (κ3) is 2.93. The van der Waals surface area contributed by atoms with Gasteiger partial charge in [0.2, 0.25) is 0 Å². The molecular weight excluding hydrogens is 184 g/mol. The molecule has 0 radical (unpaired) electrons. The molecule has 0 amide bonds. The van der Waals surface area contributed by atoms with E-state index in [9.17, 15) is 4.79 Å². The lowest BCUT2D eigenvalue weighted by atomic mass is 10.1. The van der Waals surface area contributed by atoms with Crippen molar-refractivity contribution in [2.45, 2.75) is 13.3 Å². The van der Waals surface area contributed by atoms with Gasteiger partial charge in [-0.1, -0.05) is 29.5 Å². The SMILES string of the molecule is Cc1ccc(Cl)cc1C#CCC=O. The van der Waals surface area contributed by atoms with Gasteiger partial charge in [-0.15, -0.1) is 0 Å². The fourth-order valence-corrected chi connectivity index (χ4v) is 1.09. The number of carbonyl (C=O) groups excluding carboxylic acids is 1. The normalized spacial score (nSPS) is 8.77. The number of benzene rings is 1. The van der Waals surface area contributed by atoms with Gasteiger partial charge in [-0.05, 0) is 24.6 Å². The zero-order valence-electron chi connectivity index (χ0n) is 7.30. The summed E-state index contributed by atoms with van der Waals surface area (Å²) >= 11 is 5.79. The van der Waals surface area contributed by atoms with Crippen LogP contribution in [0.2, 0.25) is 5.02 Å². The highest BCUT2D eigenvalue weighted by molar-refractivity contribution is 6.30. The van der Waals surface area contributed by atoms with Crippen LogP contribution in [0.1, 0.15) is 17.5 Å². The molecule has 0 heterocycles. The van der Waals surface area contributed by atoms with Crippen molar-refractivity contribution >= 4 is 17.9 Å². The van der Waals surface area contributed by atoms with E-state index in [1.165, 1.54) is 0 Å². The molecule has 1 aromatic carbocycles. The van der Waals surface area contributed by atoms with Gasteiger partial charge in [0.15, 0.2) is 0 Å². The minimum atomic E-state index is 0.270. The maximum atomic E-state index is 10.0. The van der Waals surface area contributed by atoms with Gasteiger partial charge in [0.05, 0.1) is 6.42 Å². The molecule has 13 heavy (non-hydrogen) atoms. The molecule has 66 valence electrons. The summed E-state index contributed by atoms with van der Waals surface area (Å²) in [6, 6.07) is 5.53. The Labute approximate surface area is 82.7 Å². The number of aldehydes is 1. The summed E-state index contributed by atoms with van der Waals surface area (Å²) in [5.41, 5.74) is 1.96. The highest BCUT2D eigenvalue weighted by atomic mass is 35.5. The summed E-state index contributed by atoms with van der Waals surface area (Å²) in [5, 5.41) is 0.668. The Morgan fingerprint density at radius 1 is 1.54 bits per heavy atom. The molecule has 2 heteroatoms. The first kappa shape index (κ1) is 9.83. The van der Waals surface area contributed by atoms with Crippen LogP contribution in [0.5, 0.6) is 0 Å². The van der Waals surface area contributed by atoms with Crippen molar-refractivity contribution in [3.8, 4) is 11.8 Å². The zero-order valence-corrected chi connectivity index (χ0v) is 8.06. The van der Waals surface area contributed by atoms with Crippen molar-refractivity contribution in [1.29, 1.82) is 0 Å². The third-order valence-corrected chi connectivity index (χ3v) is 1.84. The standard InChI is InChI=1S/C11H9ClO/c1-9-5-6-11(12)8-10(9)4-2-3-7-13/h5-8H,3H2,1H3. The molecule has 1 aromatic rings. The predicted molar refractivity (Wildman–Crippen MR) is 53.7 cm³/mol. The van der Waals surface area contributed by atoms with Crippen LogP contribution in [0.25, 0.3) is 0 Å². The number of carbonyl (C=O) groups is 1. The van der Waals surface area contributed by atoms with Crippen molar-refractivity contribution in [2.75, 3.05) is 0 Å². The molecule has 0 spiro atoms. The molecule has 0 saturated heterocycles. The van der Waals surface area contributed by atoms with E-state index < -0.39 is 0 Å². The summed E-state index contributed by atoms with van der Waals surface area (Å²) in [7, 11) is 0. The Bertz CT molecular complexity index is 371. The molecule has 0 aliphatic heterocycles. The number of rotatable bonds is 1. The van der Waals surface area contributed by atoms with Crippen LogP contribution in [0.4, 0.5) is 0 Å². The van der Waals surface area contributed by atoms with Gasteiger partial charge in [0.25, 0.3) is 0 Å². The Morgan fingerprint density at radius 3 is 3.00 bits per heavy atom. The molecule has 1 nitrogen and oxygen atoms in total. The molecule has 0 aliphatic carbocycles. The Morgan fingerprint density at radius 2 is 2.31 bits per heavy atom. The fraction of sp³-hybridized carbons (Fsp3) is 0.182. The van der Waals surface area contributed by atoms with Gasteiger partial charge in [-0.3, -0.25) is 0 Å². The van der Waals surface area contributed by atoms with Gasteiger partial charge in [0, 0.05) is 10.6 Å². The summed E-state index contributed by atoms with van der Waals surface area (Å²) in [6.45, 7) is 1.96. The molecule has 0 unspecified atom stereocenters. The van der Waals surface area contributed by atoms with Gasteiger partial charge >= 0.3 is 0 Å². The van der Waals surface area contributed by atoms with Crippen molar-refractivity contribution in [3.63, 3.8) is 0 Å². The maximum Gasteiger partial charge on any atom is 0.131 e. The Balaban J connectivity index is 2.95. The molecule has 0 aliphatic rings. The Kier molecular flexibility index (Phi) is 3.54. The number of halogens is 1. The quantitative estimate of drug-likeness (QED) is 0.494. The summed E-state index contributed by atoms with van der Waals surface area (Å²) in [5.74, 6) is 5.63. The second-order valence-electron chi connectivity index (χ2n) is 2.63. The van der Waals surface area contributed by atoms with Crippen molar-refractivity contribution < 1.29 is 4.79 Å². The first-order chi connectivity index (χ1) is 6.24. The second kappa shape index (κ2) is 4.69. The van der Waals surface area contributed by atoms with E-state index in [2.05, 4.69) is 11.8 Å². The van der Waals surface area contributed by atoms with Gasteiger partial charge in [-0.2, -0.15) is 0 Å². The fourth-order valence-electron chi connectivity index (χ4n) is 0.917. The Hall–Kier alpha value is -1.26. The van der Waals surface area contributed by atoms with Gasteiger partial charge in [0.1, 0.15) is 6.29 Å². The largest absolute Gasteiger partial charge is 0.302 e. The van der Waals surface area contributed by atoms with Crippen molar-refractivity contribution in [2.24, 2.45) is 0 Å². The monoisotopic (exact) mass is 192 g/mol.